The van der Waals surface area contributed by atoms with Gasteiger partial charge in [-0.2, -0.15) is 0 Å². The number of amides is 1. The molecule has 1 aromatic carbocycles. The zero-order chi connectivity index (χ0) is 20.1. The zero-order valence-corrected chi connectivity index (χ0v) is 17.5. The van der Waals surface area contributed by atoms with Crippen molar-refractivity contribution in [1.82, 2.24) is 15.5 Å². The lowest BCUT2D eigenvalue weighted by Crippen LogP contribution is -2.27. The van der Waals surface area contributed by atoms with E-state index in [-0.39, 0.29) is 11.9 Å². The molecule has 0 aliphatic rings. The number of benzene rings is 1. The molecule has 1 unspecified atom stereocenters. The Morgan fingerprint density at radius 3 is 2.61 bits per heavy atom. The lowest BCUT2D eigenvalue weighted by Gasteiger charge is -2.16. The summed E-state index contributed by atoms with van der Waals surface area (Å²) in [4.78, 5) is 17.3. The summed E-state index contributed by atoms with van der Waals surface area (Å²) in [5.41, 5.74) is 4.87. The van der Waals surface area contributed by atoms with Crippen LogP contribution in [0.1, 0.15) is 58.4 Å². The molecule has 1 amide bonds. The van der Waals surface area contributed by atoms with Crippen LogP contribution in [-0.2, 0) is 12.2 Å². The lowest BCUT2D eigenvalue weighted by molar-refractivity contribution is 0.0936. The first-order valence-corrected chi connectivity index (χ1v) is 10.4. The van der Waals surface area contributed by atoms with Gasteiger partial charge in [0.15, 0.2) is 0 Å². The molecule has 5 nitrogen and oxygen atoms in total. The van der Waals surface area contributed by atoms with E-state index in [0.29, 0.717) is 16.3 Å². The predicted molar refractivity (Wildman–Crippen MR) is 111 cm³/mol. The fourth-order valence-electron chi connectivity index (χ4n) is 2.93. The first-order chi connectivity index (χ1) is 13.5. The fourth-order valence-corrected chi connectivity index (χ4v) is 4.07. The summed E-state index contributed by atoms with van der Waals surface area (Å²) in [5.74, 6) is 1.34. The molecule has 3 aromatic rings. The van der Waals surface area contributed by atoms with Crippen molar-refractivity contribution in [1.29, 1.82) is 0 Å². The maximum atomic E-state index is 12.9. The molecule has 0 fully saturated rings. The number of pyridine rings is 1. The van der Waals surface area contributed by atoms with Crippen molar-refractivity contribution in [3.63, 3.8) is 0 Å². The summed E-state index contributed by atoms with van der Waals surface area (Å²) in [6.07, 6.45) is 2.71. The molecule has 0 aliphatic heterocycles. The predicted octanol–water partition coefficient (Wildman–Crippen LogP) is 5.03. The molecule has 1 N–H and O–H groups in total. The largest absolute Gasteiger partial charge is 0.361 e. The Morgan fingerprint density at radius 1 is 1.21 bits per heavy atom. The Balaban J connectivity index is 1.71. The molecule has 3 rings (SSSR count). The molecule has 1 atom stereocenters. The fraction of sp³-hybridized carbons (Fsp3) is 0.318. The van der Waals surface area contributed by atoms with Crippen LogP contribution in [0.4, 0.5) is 0 Å². The number of carbonyl (C=O) groups excluding carboxylic acids is 1. The van der Waals surface area contributed by atoms with Gasteiger partial charge in [-0.3, -0.25) is 4.79 Å². The Morgan fingerprint density at radius 2 is 1.96 bits per heavy atom. The number of nitrogens with zero attached hydrogens (tertiary/aromatic N) is 2. The van der Waals surface area contributed by atoms with Crippen LogP contribution < -0.4 is 5.32 Å². The van der Waals surface area contributed by atoms with Crippen molar-refractivity contribution >= 4 is 17.7 Å². The number of aryl methyl sites for hydroxylation is 3. The minimum Gasteiger partial charge on any atom is -0.361 e. The van der Waals surface area contributed by atoms with Crippen molar-refractivity contribution in [3.05, 3.63) is 76.3 Å². The minimum atomic E-state index is -0.124. The van der Waals surface area contributed by atoms with Gasteiger partial charge in [-0.05, 0) is 50.5 Å². The van der Waals surface area contributed by atoms with E-state index in [4.69, 9.17) is 4.52 Å². The summed E-state index contributed by atoms with van der Waals surface area (Å²) in [6.45, 7) is 7.94. The third-order valence-electron chi connectivity index (χ3n) is 4.79. The summed E-state index contributed by atoms with van der Waals surface area (Å²) >= 11 is 1.52. The van der Waals surface area contributed by atoms with Gasteiger partial charge in [-0.1, -0.05) is 36.3 Å². The second-order valence-corrected chi connectivity index (χ2v) is 7.70. The van der Waals surface area contributed by atoms with Gasteiger partial charge in [0.05, 0.1) is 17.3 Å². The summed E-state index contributed by atoms with van der Waals surface area (Å²) in [6, 6.07) is 11.9. The van der Waals surface area contributed by atoms with E-state index in [1.54, 1.807) is 12.3 Å². The smallest absolute Gasteiger partial charge is 0.254 e. The highest BCUT2D eigenvalue weighted by Crippen LogP contribution is 2.27. The Bertz CT molecular complexity index is 931. The monoisotopic (exact) mass is 395 g/mol. The third kappa shape index (κ3) is 4.62. The highest BCUT2D eigenvalue weighted by atomic mass is 32.2. The van der Waals surface area contributed by atoms with Gasteiger partial charge in [0.1, 0.15) is 10.8 Å². The number of rotatable bonds is 7. The minimum absolute atomic E-state index is 0.0842. The van der Waals surface area contributed by atoms with Gasteiger partial charge in [-0.25, -0.2) is 4.98 Å². The second-order valence-electron chi connectivity index (χ2n) is 6.74. The van der Waals surface area contributed by atoms with Crippen LogP contribution >= 0.6 is 11.8 Å². The lowest BCUT2D eigenvalue weighted by atomic mass is 10.0. The SMILES string of the molecule is CCc1ccc(C(C)NC(=O)c2cccnc2SCc2c(C)noc2C)cc1. The second kappa shape index (κ2) is 9.06. The van der Waals surface area contributed by atoms with Crippen molar-refractivity contribution < 1.29 is 9.32 Å². The molecule has 2 heterocycles. The maximum absolute atomic E-state index is 12.9. The highest BCUT2D eigenvalue weighted by molar-refractivity contribution is 7.98. The molecule has 2 aromatic heterocycles. The van der Waals surface area contributed by atoms with Crippen LogP contribution in [0.5, 0.6) is 0 Å². The average Bonchev–Trinajstić information content (AvgIpc) is 3.04. The van der Waals surface area contributed by atoms with Crippen molar-refractivity contribution in [2.75, 3.05) is 0 Å². The topological polar surface area (TPSA) is 68.0 Å². The van der Waals surface area contributed by atoms with E-state index < -0.39 is 0 Å². The summed E-state index contributed by atoms with van der Waals surface area (Å²) in [7, 11) is 0. The molecule has 0 saturated carbocycles. The normalized spacial score (nSPS) is 12.0. The van der Waals surface area contributed by atoms with Gasteiger partial charge in [0, 0.05) is 17.5 Å². The standard InChI is InChI=1S/C22H25N3O2S/c1-5-17-8-10-18(11-9-17)14(2)24-21(26)19-7-6-12-23-22(19)28-13-20-15(3)25-27-16(20)4/h6-12,14H,5,13H2,1-4H3,(H,24,26). The first-order valence-electron chi connectivity index (χ1n) is 9.38. The molecule has 28 heavy (non-hydrogen) atoms. The van der Waals surface area contributed by atoms with E-state index in [0.717, 1.165) is 29.0 Å². The van der Waals surface area contributed by atoms with Crippen LogP contribution in [0.25, 0.3) is 0 Å². The molecule has 146 valence electrons. The first kappa shape index (κ1) is 20.1. The Kier molecular flexibility index (Phi) is 6.52. The van der Waals surface area contributed by atoms with Crippen LogP contribution in [0, 0.1) is 13.8 Å². The van der Waals surface area contributed by atoms with Gasteiger partial charge >= 0.3 is 0 Å². The Labute approximate surface area is 169 Å². The molecule has 0 bridgehead atoms. The van der Waals surface area contributed by atoms with E-state index in [2.05, 4.69) is 46.6 Å². The molecular formula is C22H25N3O2S. The summed E-state index contributed by atoms with van der Waals surface area (Å²) in [5, 5.41) is 7.77. The number of hydrogen-bond donors (Lipinski definition) is 1. The van der Waals surface area contributed by atoms with Crippen molar-refractivity contribution in [2.45, 2.75) is 50.9 Å². The van der Waals surface area contributed by atoms with Crippen LogP contribution in [0.15, 0.2) is 52.1 Å². The quantitative estimate of drug-likeness (QED) is 0.568. The van der Waals surface area contributed by atoms with Crippen molar-refractivity contribution in [2.24, 2.45) is 0 Å². The van der Waals surface area contributed by atoms with Crippen LogP contribution in [-0.4, -0.2) is 16.0 Å². The van der Waals surface area contributed by atoms with Gasteiger partial charge in [-0.15, -0.1) is 11.8 Å². The number of carbonyl (C=O) groups is 1. The third-order valence-corrected chi connectivity index (χ3v) is 5.82. The van der Waals surface area contributed by atoms with Crippen molar-refractivity contribution in [3.8, 4) is 0 Å². The zero-order valence-electron chi connectivity index (χ0n) is 16.7. The molecule has 0 spiro atoms. The molecular weight excluding hydrogens is 370 g/mol. The highest BCUT2D eigenvalue weighted by Gasteiger charge is 2.17. The maximum Gasteiger partial charge on any atom is 0.254 e. The van der Waals surface area contributed by atoms with E-state index in [1.165, 1.54) is 17.3 Å². The van der Waals surface area contributed by atoms with Crippen LogP contribution in [0.3, 0.4) is 0 Å². The van der Waals surface area contributed by atoms with Crippen LogP contribution in [0.2, 0.25) is 0 Å². The van der Waals surface area contributed by atoms with E-state index in [1.807, 2.05) is 26.8 Å². The molecule has 6 heteroatoms. The molecule has 0 aliphatic carbocycles. The van der Waals surface area contributed by atoms with Gasteiger partial charge in [0.25, 0.3) is 5.91 Å². The summed E-state index contributed by atoms with van der Waals surface area (Å²) < 4.78 is 5.22. The number of hydrogen-bond acceptors (Lipinski definition) is 5. The Hall–Kier alpha value is -2.60. The average molecular weight is 396 g/mol. The van der Waals surface area contributed by atoms with E-state index >= 15 is 0 Å². The van der Waals surface area contributed by atoms with Gasteiger partial charge < -0.3 is 9.84 Å². The number of aromatic nitrogens is 2. The number of nitrogens with one attached hydrogen (secondary N) is 1. The van der Waals surface area contributed by atoms with Gasteiger partial charge in [0.2, 0.25) is 0 Å². The van der Waals surface area contributed by atoms with E-state index in [9.17, 15) is 4.79 Å². The molecule has 0 radical (unpaired) electrons. The number of thioether (sulfide) groups is 1. The molecule has 0 saturated heterocycles.